The number of rotatable bonds is 6. The number of tetrazole rings is 1. The summed E-state index contributed by atoms with van der Waals surface area (Å²) in [5.41, 5.74) is 1.15. The van der Waals surface area contributed by atoms with Gasteiger partial charge in [-0.15, -0.1) is 10.2 Å². The Hall–Kier alpha value is -2.54. The van der Waals surface area contributed by atoms with Crippen LogP contribution in [0.5, 0.6) is 0 Å². The molecular formula is C14H15N5O2. The highest BCUT2D eigenvalue weighted by Gasteiger charge is 2.13. The molecule has 0 saturated carbocycles. The smallest absolute Gasteiger partial charge is 0.202 e. The molecule has 7 heteroatoms. The van der Waals surface area contributed by atoms with Crippen LogP contribution in [0.1, 0.15) is 35.4 Å². The second-order valence-electron chi connectivity index (χ2n) is 4.72. The molecule has 0 spiro atoms. The Labute approximate surface area is 121 Å². The van der Waals surface area contributed by atoms with Gasteiger partial charge in [0.05, 0.1) is 0 Å². The Bertz CT molecular complexity index is 666. The molecule has 3 heterocycles. The molecule has 0 aromatic carbocycles. The summed E-state index contributed by atoms with van der Waals surface area (Å²) in [6, 6.07) is 7.81. The zero-order valence-electron chi connectivity index (χ0n) is 11.3. The highest BCUT2D eigenvalue weighted by atomic mass is 16.3. The van der Waals surface area contributed by atoms with Crippen molar-refractivity contribution in [1.82, 2.24) is 25.6 Å². The number of furan rings is 1. The van der Waals surface area contributed by atoms with Crippen LogP contribution in [0.3, 0.4) is 0 Å². The first-order valence-corrected chi connectivity index (χ1v) is 6.69. The van der Waals surface area contributed by atoms with Crippen LogP contribution < -0.4 is 0 Å². The molecule has 3 aromatic heterocycles. The number of nitrogens with zero attached hydrogens (tertiary/aromatic N) is 4. The number of aliphatic hydroxyl groups excluding tert-OH is 1. The lowest BCUT2D eigenvalue weighted by Crippen LogP contribution is -2.01. The predicted molar refractivity (Wildman–Crippen MR) is 73.2 cm³/mol. The molecule has 0 aliphatic carbocycles. The van der Waals surface area contributed by atoms with E-state index in [4.69, 9.17) is 4.42 Å². The lowest BCUT2D eigenvalue weighted by molar-refractivity contribution is 0.155. The highest BCUT2D eigenvalue weighted by molar-refractivity contribution is 5.19. The van der Waals surface area contributed by atoms with E-state index < -0.39 is 6.10 Å². The summed E-state index contributed by atoms with van der Waals surface area (Å²) in [5, 5.41) is 23.1. The Balaban J connectivity index is 1.55. The van der Waals surface area contributed by atoms with Gasteiger partial charge in [-0.25, -0.2) is 0 Å². The largest absolute Gasteiger partial charge is 0.466 e. The van der Waals surface area contributed by atoms with E-state index in [0.29, 0.717) is 18.7 Å². The number of pyridine rings is 1. The fourth-order valence-electron chi connectivity index (χ4n) is 2.07. The maximum Gasteiger partial charge on any atom is 0.202 e. The SMILES string of the molecule is OC(CCc1ccc(Cc2ccncc2)o1)c1nn[nH]n1. The van der Waals surface area contributed by atoms with Crippen LogP contribution in [0.25, 0.3) is 0 Å². The second-order valence-corrected chi connectivity index (χ2v) is 4.72. The first kappa shape index (κ1) is 13.4. The zero-order valence-corrected chi connectivity index (χ0v) is 11.3. The molecule has 0 saturated heterocycles. The van der Waals surface area contributed by atoms with E-state index in [0.717, 1.165) is 23.5 Å². The van der Waals surface area contributed by atoms with Crippen LogP contribution in [0.15, 0.2) is 41.1 Å². The van der Waals surface area contributed by atoms with E-state index in [1.807, 2.05) is 24.3 Å². The van der Waals surface area contributed by atoms with Gasteiger partial charge in [0, 0.05) is 25.2 Å². The quantitative estimate of drug-likeness (QED) is 0.710. The Morgan fingerprint density at radius 2 is 1.95 bits per heavy atom. The number of aromatic amines is 1. The number of aryl methyl sites for hydroxylation is 1. The average molecular weight is 285 g/mol. The molecule has 3 rings (SSSR count). The molecule has 0 aliphatic rings. The van der Waals surface area contributed by atoms with E-state index in [9.17, 15) is 5.11 Å². The van der Waals surface area contributed by atoms with Gasteiger partial charge in [0.1, 0.15) is 17.6 Å². The molecule has 3 aromatic rings. The normalized spacial score (nSPS) is 12.4. The number of aromatic nitrogens is 5. The maximum atomic E-state index is 9.88. The van der Waals surface area contributed by atoms with Gasteiger partial charge in [-0.2, -0.15) is 5.21 Å². The molecule has 21 heavy (non-hydrogen) atoms. The monoisotopic (exact) mass is 285 g/mol. The summed E-state index contributed by atoms with van der Waals surface area (Å²) in [5.74, 6) is 2.03. The summed E-state index contributed by atoms with van der Waals surface area (Å²) >= 11 is 0. The third-order valence-corrected chi connectivity index (χ3v) is 3.17. The Morgan fingerprint density at radius 3 is 2.71 bits per heavy atom. The molecular weight excluding hydrogens is 270 g/mol. The van der Waals surface area contributed by atoms with E-state index in [2.05, 4.69) is 25.6 Å². The van der Waals surface area contributed by atoms with Crippen LogP contribution in [0, 0.1) is 0 Å². The van der Waals surface area contributed by atoms with Crippen molar-refractivity contribution in [2.24, 2.45) is 0 Å². The maximum absolute atomic E-state index is 9.88. The molecule has 0 aliphatic heterocycles. The van der Waals surface area contributed by atoms with Crippen LogP contribution in [-0.4, -0.2) is 30.7 Å². The fourth-order valence-corrected chi connectivity index (χ4v) is 2.07. The zero-order chi connectivity index (χ0) is 14.5. The average Bonchev–Trinajstić information content (AvgIpc) is 3.17. The second kappa shape index (κ2) is 6.27. The van der Waals surface area contributed by atoms with Crippen LogP contribution >= 0.6 is 0 Å². The van der Waals surface area contributed by atoms with Crippen molar-refractivity contribution < 1.29 is 9.52 Å². The third kappa shape index (κ3) is 3.51. The van der Waals surface area contributed by atoms with Crippen LogP contribution in [0.4, 0.5) is 0 Å². The molecule has 2 N–H and O–H groups in total. The first-order valence-electron chi connectivity index (χ1n) is 6.69. The number of hydrogen-bond donors (Lipinski definition) is 2. The van der Waals surface area contributed by atoms with Crippen molar-refractivity contribution in [1.29, 1.82) is 0 Å². The molecule has 0 radical (unpaired) electrons. The molecule has 108 valence electrons. The Kier molecular flexibility index (Phi) is 4.02. The lowest BCUT2D eigenvalue weighted by atomic mass is 10.1. The van der Waals surface area contributed by atoms with Gasteiger partial charge in [0.15, 0.2) is 0 Å². The summed E-state index contributed by atoms with van der Waals surface area (Å²) in [7, 11) is 0. The molecule has 0 fully saturated rings. The molecule has 7 nitrogen and oxygen atoms in total. The van der Waals surface area contributed by atoms with Gasteiger partial charge in [-0.05, 0) is 36.2 Å². The van der Waals surface area contributed by atoms with E-state index in [-0.39, 0.29) is 0 Å². The summed E-state index contributed by atoms with van der Waals surface area (Å²) in [6.45, 7) is 0. The third-order valence-electron chi connectivity index (χ3n) is 3.17. The summed E-state index contributed by atoms with van der Waals surface area (Å²) < 4.78 is 5.76. The summed E-state index contributed by atoms with van der Waals surface area (Å²) in [4.78, 5) is 3.99. The predicted octanol–water partition coefficient (Wildman–Crippen LogP) is 1.44. The summed E-state index contributed by atoms with van der Waals surface area (Å²) in [6.07, 6.45) is 4.63. The van der Waals surface area contributed by atoms with Crippen molar-refractivity contribution in [2.75, 3.05) is 0 Å². The van der Waals surface area contributed by atoms with Crippen molar-refractivity contribution in [3.05, 3.63) is 59.6 Å². The van der Waals surface area contributed by atoms with Crippen molar-refractivity contribution in [3.63, 3.8) is 0 Å². The molecule has 1 unspecified atom stereocenters. The lowest BCUT2D eigenvalue weighted by Gasteiger charge is -2.03. The molecule has 1 atom stereocenters. The molecule has 0 amide bonds. The first-order chi connectivity index (χ1) is 10.3. The van der Waals surface area contributed by atoms with Gasteiger partial charge in [-0.3, -0.25) is 4.98 Å². The van der Waals surface area contributed by atoms with Crippen molar-refractivity contribution >= 4 is 0 Å². The number of hydrogen-bond acceptors (Lipinski definition) is 6. The van der Waals surface area contributed by atoms with Gasteiger partial charge >= 0.3 is 0 Å². The van der Waals surface area contributed by atoms with E-state index in [1.54, 1.807) is 12.4 Å². The van der Waals surface area contributed by atoms with Crippen molar-refractivity contribution in [2.45, 2.75) is 25.4 Å². The Morgan fingerprint density at radius 1 is 1.14 bits per heavy atom. The van der Waals surface area contributed by atoms with Gasteiger partial charge in [0.2, 0.25) is 5.82 Å². The van der Waals surface area contributed by atoms with Gasteiger partial charge in [0.25, 0.3) is 0 Å². The number of nitrogens with one attached hydrogen (secondary N) is 1. The topological polar surface area (TPSA) is 101 Å². The highest BCUT2D eigenvalue weighted by Crippen LogP contribution is 2.18. The molecule has 0 bridgehead atoms. The van der Waals surface area contributed by atoms with Crippen LogP contribution in [0.2, 0.25) is 0 Å². The van der Waals surface area contributed by atoms with Gasteiger partial charge < -0.3 is 9.52 Å². The standard InChI is InChI=1S/C14H15N5O2/c20-13(14-16-18-19-17-14)4-3-11-1-2-12(21-11)9-10-5-7-15-8-6-10/h1-2,5-8,13,20H,3-4,9H2,(H,16,17,18,19). The van der Waals surface area contributed by atoms with Crippen molar-refractivity contribution in [3.8, 4) is 0 Å². The fraction of sp³-hybridized carbons (Fsp3) is 0.286. The van der Waals surface area contributed by atoms with Gasteiger partial charge in [-0.1, -0.05) is 5.21 Å². The minimum absolute atomic E-state index is 0.304. The number of H-pyrrole nitrogens is 1. The van der Waals surface area contributed by atoms with Crippen LogP contribution in [-0.2, 0) is 12.8 Å². The van der Waals surface area contributed by atoms with E-state index >= 15 is 0 Å². The van der Waals surface area contributed by atoms with E-state index in [1.165, 1.54) is 0 Å². The minimum Gasteiger partial charge on any atom is -0.466 e. The minimum atomic E-state index is -0.738. The number of aliphatic hydroxyl groups is 1.